The number of carbonyl (C=O) groups excluding carboxylic acids is 1. The number of carbonyl (C=O) groups is 1. The molecule has 2 heterocycles. The Kier molecular flexibility index (Phi) is 3.16. The van der Waals surface area contributed by atoms with E-state index in [9.17, 15) is 4.79 Å². The summed E-state index contributed by atoms with van der Waals surface area (Å²) in [5, 5.41) is 3.39. The molecule has 2 aromatic rings. The smallest absolute Gasteiger partial charge is 0.223 e. The van der Waals surface area contributed by atoms with Crippen LogP contribution in [0.2, 0.25) is 4.47 Å². The Hall–Kier alpha value is -1.59. The SMILES string of the molecule is CC(=O)N1CC2(CC2)c2ccc(NCc3cnc(Cl)s3)cc21. The maximum absolute atomic E-state index is 11.9. The van der Waals surface area contributed by atoms with Gasteiger partial charge in [-0.2, -0.15) is 0 Å². The van der Waals surface area contributed by atoms with Gasteiger partial charge in [-0.1, -0.05) is 17.7 Å². The van der Waals surface area contributed by atoms with E-state index in [4.69, 9.17) is 11.6 Å². The molecule has 1 aromatic heterocycles. The molecule has 1 spiro atoms. The van der Waals surface area contributed by atoms with Crippen LogP contribution in [0.15, 0.2) is 24.4 Å². The second-order valence-corrected chi connectivity index (χ2v) is 7.75. The van der Waals surface area contributed by atoms with E-state index in [1.54, 1.807) is 13.1 Å². The molecule has 1 fully saturated rings. The quantitative estimate of drug-likeness (QED) is 0.929. The van der Waals surface area contributed by atoms with Gasteiger partial charge in [-0.25, -0.2) is 4.98 Å². The van der Waals surface area contributed by atoms with Crippen molar-refractivity contribution in [3.8, 4) is 0 Å². The number of nitrogens with one attached hydrogen (secondary N) is 1. The third-order valence-electron chi connectivity index (χ3n) is 4.55. The summed E-state index contributed by atoms with van der Waals surface area (Å²) in [4.78, 5) is 18.9. The molecule has 1 aromatic carbocycles. The Labute approximate surface area is 138 Å². The number of rotatable bonds is 3. The average Bonchev–Trinajstić information content (AvgIpc) is 3.04. The van der Waals surface area contributed by atoms with E-state index in [0.29, 0.717) is 11.0 Å². The molecule has 0 saturated heterocycles. The van der Waals surface area contributed by atoms with Crippen LogP contribution in [-0.4, -0.2) is 17.4 Å². The van der Waals surface area contributed by atoms with Crippen LogP contribution >= 0.6 is 22.9 Å². The monoisotopic (exact) mass is 333 g/mol. The first-order valence-electron chi connectivity index (χ1n) is 7.34. The fourth-order valence-electron chi connectivity index (χ4n) is 3.20. The highest BCUT2D eigenvalue weighted by Gasteiger charge is 2.52. The number of benzene rings is 1. The summed E-state index contributed by atoms with van der Waals surface area (Å²) >= 11 is 7.32. The molecule has 0 bridgehead atoms. The molecule has 4 rings (SSSR count). The van der Waals surface area contributed by atoms with Crippen molar-refractivity contribution in [3.63, 3.8) is 0 Å². The first kappa shape index (κ1) is 14.0. The molecule has 0 radical (unpaired) electrons. The molecule has 4 nitrogen and oxygen atoms in total. The number of hydrogen-bond acceptors (Lipinski definition) is 4. The van der Waals surface area contributed by atoms with Gasteiger partial charge in [-0.05, 0) is 30.5 Å². The fraction of sp³-hybridized carbons (Fsp3) is 0.375. The topological polar surface area (TPSA) is 45.2 Å². The first-order chi connectivity index (χ1) is 10.6. The molecule has 1 aliphatic carbocycles. The van der Waals surface area contributed by atoms with Crippen LogP contribution in [0.1, 0.15) is 30.2 Å². The predicted octanol–water partition coefficient (Wildman–Crippen LogP) is 3.81. The Morgan fingerprint density at radius 3 is 2.95 bits per heavy atom. The lowest BCUT2D eigenvalue weighted by atomic mass is 9.98. The van der Waals surface area contributed by atoms with Gasteiger partial charge in [0, 0.05) is 41.3 Å². The molecule has 6 heteroatoms. The van der Waals surface area contributed by atoms with Crippen LogP contribution in [0.25, 0.3) is 0 Å². The molecule has 2 aliphatic rings. The first-order valence-corrected chi connectivity index (χ1v) is 8.54. The minimum Gasteiger partial charge on any atom is -0.380 e. The molecule has 1 N–H and O–H groups in total. The lowest BCUT2D eigenvalue weighted by molar-refractivity contribution is -0.116. The van der Waals surface area contributed by atoms with Gasteiger partial charge in [0.1, 0.15) is 0 Å². The van der Waals surface area contributed by atoms with Gasteiger partial charge in [0.2, 0.25) is 5.91 Å². The number of anilines is 2. The van der Waals surface area contributed by atoms with E-state index in [1.165, 1.54) is 29.7 Å². The van der Waals surface area contributed by atoms with E-state index in [0.717, 1.165) is 22.8 Å². The molecule has 1 amide bonds. The van der Waals surface area contributed by atoms with Crippen LogP contribution in [0.3, 0.4) is 0 Å². The van der Waals surface area contributed by atoms with Gasteiger partial charge >= 0.3 is 0 Å². The minimum atomic E-state index is 0.122. The van der Waals surface area contributed by atoms with Crippen LogP contribution in [0.5, 0.6) is 0 Å². The van der Waals surface area contributed by atoms with Crippen molar-refractivity contribution in [2.24, 2.45) is 0 Å². The van der Waals surface area contributed by atoms with Gasteiger partial charge in [-0.15, -0.1) is 11.3 Å². The lowest BCUT2D eigenvalue weighted by Crippen LogP contribution is -2.28. The predicted molar refractivity (Wildman–Crippen MR) is 89.8 cm³/mol. The minimum absolute atomic E-state index is 0.122. The average molecular weight is 334 g/mol. The summed E-state index contributed by atoms with van der Waals surface area (Å²) in [6.07, 6.45) is 4.17. The number of hydrogen-bond donors (Lipinski definition) is 1. The zero-order valence-electron chi connectivity index (χ0n) is 12.2. The second-order valence-electron chi connectivity index (χ2n) is 6.05. The van der Waals surface area contributed by atoms with Crippen molar-refractivity contribution in [1.29, 1.82) is 0 Å². The number of halogens is 1. The van der Waals surface area contributed by atoms with Crippen LogP contribution in [0, 0.1) is 0 Å². The Morgan fingerprint density at radius 2 is 2.32 bits per heavy atom. The number of amides is 1. The number of fused-ring (bicyclic) bond motifs is 2. The Morgan fingerprint density at radius 1 is 1.50 bits per heavy atom. The highest BCUT2D eigenvalue weighted by Crippen LogP contribution is 2.56. The van der Waals surface area contributed by atoms with Gasteiger partial charge in [0.05, 0.1) is 6.54 Å². The van der Waals surface area contributed by atoms with E-state index >= 15 is 0 Å². The molecule has 22 heavy (non-hydrogen) atoms. The van der Waals surface area contributed by atoms with E-state index < -0.39 is 0 Å². The van der Waals surface area contributed by atoms with Crippen LogP contribution < -0.4 is 10.2 Å². The van der Waals surface area contributed by atoms with Crippen LogP contribution in [-0.2, 0) is 16.8 Å². The molecule has 0 unspecified atom stereocenters. The molecule has 1 saturated carbocycles. The van der Waals surface area contributed by atoms with Gasteiger partial charge in [0.25, 0.3) is 0 Å². The van der Waals surface area contributed by atoms with Crippen molar-refractivity contribution in [1.82, 2.24) is 4.98 Å². The van der Waals surface area contributed by atoms with Crippen molar-refractivity contribution in [2.75, 3.05) is 16.8 Å². The third kappa shape index (κ3) is 2.29. The zero-order chi connectivity index (χ0) is 15.3. The van der Waals surface area contributed by atoms with Gasteiger partial charge in [-0.3, -0.25) is 4.79 Å². The van der Waals surface area contributed by atoms with Crippen molar-refractivity contribution >= 4 is 40.2 Å². The third-order valence-corrected chi connectivity index (χ3v) is 5.66. The number of thiazole rings is 1. The largest absolute Gasteiger partial charge is 0.380 e. The van der Waals surface area contributed by atoms with E-state index in [-0.39, 0.29) is 11.3 Å². The maximum Gasteiger partial charge on any atom is 0.223 e. The zero-order valence-corrected chi connectivity index (χ0v) is 13.8. The van der Waals surface area contributed by atoms with E-state index in [2.05, 4.69) is 28.5 Å². The summed E-state index contributed by atoms with van der Waals surface area (Å²) < 4.78 is 0.559. The molecular formula is C16H16ClN3OS. The maximum atomic E-state index is 11.9. The van der Waals surface area contributed by atoms with Crippen molar-refractivity contribution in [3.05, 3.63) is 39.3 Å². The van der Waals surface area contributed by atoms with E-state index in [1.807, 2.05) is 4.90 Å². The van der Waals surface area contributed by atoms with Crippen molar-refractivity contribution in [2.45, 2.75) is 31.7 Å². The van der Waals surface area contributed by atoms with Crippen molar-refractivity contribution < 1.29 is 4.79 Å². The van der Waals surface area contributed by atoms with Gasteiger partial charge in [0.15, 0.2) is 4.47 Å². The normalized spacial score (nSPS) is 17.6. The van der Waals surface area contributed by atoms with Gasteiger partial charge < -0.3 is 10.2 Å². The highest BCUT2D eigenvalue weighted by atomic mass is 35.5. The fourth-order valence-corrected chi connectivity index (χ4v) is 4.12. The Bertz CT molecular complexity index is 754. The summed E-state index contributed by atoms with van der Waals surface area (Å²) in [6.45, 7) is 3.17. The number of nitrogens with zero attached hydrogens (tertiary/aromatic N) is 2. The summed E-state index contributed by atoms with van der Waals surface area (Å²) in [5.74, 6) is 0.122. The second kappa shape index (κ2) is 4.96. The lowest BCUT2D eigenvalue weighted by Gasteiger charge is -2.16. The summed E-state index contributed by atoms with van der Waals surface area (Å²) in [7, 11) is 0. The standard InChI is InChI=1S/C16H16ClN3OS/c1-10(21)20-9-16(4-5-16)13-3-2-11(6-14(13)20)18-7-12-8-19-15(17)22-12/h2-3,6,8,18H,4-5,7,9H2,1H3. The molecule has 114 valence electrons. The molecule has 0 atom stereocenters. The Balaban J connectivity index is 1.58. The molecule has 1 aliphatic heterocycles. The van der Waals surface area contributed by atoms with Crippen LogP contribution in [0.4, 0.5) is 11.4 Å². The highest BCUT2D eigenvalue weighted by molar-refractivity contribution is 7.15. The summed E-state index contributed by atoms with van der Waals surface area (Å²) in [5.41, 5.74) is 3.66. The summed E-state index contributed by atoms with van der Waals surface area (Å²) in [6, 6.07) is 6.37. The number of aromatic nitrogens is 1. The molecular weight excluding hydrogens is 318 g/mol.